The summed E-state index contributed by atoms with van der Waals surface area (Å²) in [6.45, 7) is 2.69. The molecule has 2 aliphatic heterocycles. The molecule has 0 bridgehead atoms. The maximum absolute atomic E-state index is 14.1. The Balaban J connectivity index is 1.34. The normalized spacial score (nSPS) is 21.1. The number of carbonyl (C=O) groups excluding carboxylic acids is 2. The minimum Gasteiger partial charge on any atom is -0.350 e. The van der Waals surface area contributed by atoms with E-state index in [9.17, 15) is 14.0 Å². The van der Waals surface area contributed by atoms with Crippen LogP contribution in [0.5, 0.6) is 0 Å². The average Bonchev–Trinajstić information content (AvgIpc) is 3.36. The largest absolute Gasteiger partial charge is 0.350 e. The molecule has 3 heterocycles. The number of hydrogen-bond acceptors (Lipinski definition) is 2. The number of aromatic nitrogens is 1. The van der Waals surface area contributed by atoms with Gasteiger partial charge in [0.15, 0.2) is 0 Å². The second-order valence-electron chi connectivity index (χ2n) is 8.42. The standard InChI is InChI=1S/C24H24FN3O2/c1-14-5-7-20(25)19-13-21(27-23(14)19)24(30)26-17-4-2-3-15(11-17)16-9-10-28-18(12-16)6-8-22(28)29/h2-5,7,11,13,16,18,27H,6,8-10,12H2,1H3,(H,26,30). The molecule has 154 valence electrons. The number of rotatable bonds is 3. The van der Waals surface area contributed by atoms with Crippen molar-refractivity contribution >= 4 is 28.4 Å². The zero-order chi connectivity index (χ0) is 20.8. The lowest BCUT2D eigenvalue weighted by molar-refractivity contribution is -0.129. The molecule has 2 saturated heterocycles. The summed E-state index contributed by atoms with van der Waals surface area (Å²) in [7, 11) is 0. The topological polar surface area (TPSA) is 65.2 Å². The van der Waals surface area contributed by atoms with E-state index < -0.39 is 0 Å². The lowest BCUT2D eigenvalue weighted by Crippen LogP contribution is -2.39. The number of H-pyrrole nitrogens is 1. The molecule has 2 fully saturated rings. The number of piperidine rings is 1. The first kappa shape index (κ1) is 18.9. The van der Waals surface area contributed by atoms with Gasteiger partial charge in [0.05, 0.1) is 5.52 Å². The Bertz CT molecular complexity index is 1110. The summed E-state index contributed by atoms with van der Waals surface area (Å²) in [6.07, 6.45) is 3.53. The van der Waals surface area contributed by atoms with Crippen molar-refractivity contribution in [3.05, 3.63) is 65.1 Å². The third kappa shape index (κ3) is 3.26. The van der Waals surface area contributed by atoms with Crippen molar-refractivity contribution < 1.29 is 14.0 Å². The van der Waals surface area contributed by atoms with Gasteiger partial charge in [-0.1, -0.05) is 18.2 Å². The number of anilines is 1. The van der Waals surface area contributed by atoms with Crippen LogP contribution in [0.3, 0.4) is 0 Å². The molecule has 2 aliphatic rings. The monoisotopic (exact) mass is 405 g/mol. The van der Waals surface area contributed by atoms with Gasteiger partial charge in [-0.2, -0.15) is 0 Å². The molecule has 3 aromatic rings. The lowest BCUT2D eigenvalue weighted by Gasteiger charge is -2.35. The first-order valence-corrected chi connectivity index (χ1v) is 10.5. The Kier molecular flexibility index (Phi) is 4.57. The van der Waals surface area contributed by atoms with E-state index in [0.717, 1.165) is 37.1 Å². The molecule has 2 aromatic carbocycles. The second-order valence-corrected chi connectivity index (χ2v) is 8.42. The van der Waals surface area contributed by atoms with Crippen LogP contribution in [0.1, 0.15) is 53.2 Å². The molecule has 0 aliphatic carbocycles. The van der Waals surface area contributed by atoms with Crippen LogP contribution in [0, 0.1) is 12.7 Å². The number of nitrogens with zero attached hydrogens (tertiary/aromatic N) is 1. The molecule has 2 unspecified atom stereocenters. The molecule has 0 radical (unpaired) electrons. The van der Waals surface area contributed by atoms with Gasteiger partial charge in [0, 0.05) is 30.1 Å². The second kappa shape index (κ2) is 7.27. The molecule has 1 aromatic heterocycles. The fourth-order valence-electron chi connectivity index (χ4n) is 4.91. The summed E-state index contributed by atoms with van der Waals surface area (Å²) < 4.78 is 14.1. The van der Waals surface area contributed by atoms with Crippen molar-refractivity contribution in [1.29, 1.82) is 0 Å². The highest BCUT2D eigenvalue weighted by molar-refractivity contribution is 6.06. The number of carbonyl (C=O) groups is 2. The number of aromatic amines is 1. The van der Waals surface area contributed by atoms with Gasteiger partial charge in [-0.3, -0.25) is 9.59 Å². The Labute approximate surface area is 174 Å². The summed E-state index contributed by atoms with van der Waals surface area (Å²) in [6, 6.07) is 12.9. The van der Waals surface area contributed by atoms with Crippen molar-refractivity contribution in [2.45, 2.75) is 44.6 Å². The van der Waals surface area contributed by atoms with Crippen LogP contribution in [-0.4, -0.2) is 34.3 Å². The number of hydrogen-bond donors (Lipinski definition) is 2. The zero-order valence-corrected chi connectivity index (χ0v) is 16.9. The fourth-order valence-corrected chi connectivity index (χ4v) is 4.91. The van der Waals surface area contributed by atoms with Gasteiger partial charge in [0.2, 0.25) is 5.91 Å². The summed E-state index contributed by atoms with van der Waals surface area (Å²) in [5.74, 6) is 0.0336. The minimum atomic E-state index is -0.343. The van der Waals surface area contributed by atoms with Crippen molar-refractivity contribution in [2.24, 2.45) is 0 Å². The Morgan fingerprint density at radius 3 is 2.90 bits per heavy atom. The molecule has 30 heavy (non-hydrogen) atoms. The van der Waals surface area contributed by atoms with E-state index in [1.807, 2.05) is 30.0 Å². The number of halogens is 1. The smallest absolute Gasteiger partial charge is 0.272 e. The van der Waals surface area contributed by atoms with Crippen molar-refractivity contribution in [3.8, 4) is 0 Å². The van der Waals surface area contributed by atoms with E-state index in [1.165, 1.54) is 11.6 Å². The van der Waals surface area contributed by atoms with E-state index >= 15 is 0 Å². The molecular weight excluding hydrogens is 381 g/mol. The van der Waals surface area contributed by atoms with Gasteiger partial charge in [-0.25, -0.2) is 4.39 Å². The van der Waals surface area contributed by atoms with Crippen molar-refractivity contribution in [2.75, 3.05) is 11.9 Å². The molecule has 0 spiro atoms. The van der Waals surface area contributed by atoms with E-state index in [0.29, 0.717) is 35.0 Å². The average molecular weight is 405 g/mol. The third-order valence-electron chi connectivity index (χ3n) is 6.54. The minimum absolute atomic E-state index is 0.282. The predicted octanol–water partition coefficient (Wildman–Crippen LogP) is 4.74. The Morgan fingerprint density at radius 1 is 1.20 bits per heavy atom. The summed E-state index contributed by atoms with van der Waals surface area (Å²) in [5.41, 5.74) is 3.78. The Hall–Kier alpha value is -3.15. The van der Waals surface area contributed by atoms with Gasteiger partial charge in [0.25, 0.3) is 5.91 Å². The summed E-state index contributed by atoms with van der Waals surface area (Å²) in [4.78, 5) is 29.8. The highest BCUT2D eigenvalue weighted by Gasteiger charge is 2.36. The van der Waals surface area contributed by atoms with Crippen molar-refractivity contribution in [1.82, 2.24) is 9.88 Å². The molecular formula is C24H24FN3O2. The maximum Gasteiger partial charge on any atom is 0.272 e. The molecule has 0 saturated carbocycles. The SMILES string of the molecule is Cc1ccc(F)c2cc(C(=O)Nc3cccc(C4CCN5C(=O)CCC5C4)c3)[nH]c12. The van der Waals surface area contributed by atoms with Crippen LogP contribution < -0.4 is 5.32 Å². The number of fused-ring (bicyclic) bond motifs is 2. The van der Waals surface area contributed by atoms with E-state index in [-0.39, 0.29) is 17.6 Å². The van der Waals surface area contributed by atoms with E-state index in [4.69, 9.17) is 0 Å². The number of nitrogens with one attached hydrogen (secondary N) is 2. The van der Waals surface area contributed by atoms with Crippen molar-refractivity contribution in [3.63, 3.8) is 0 Å². The van der Waals surface area contributed by atoms with E-state index in [2.05, 4.69) is 16.4 Å². The van der Waals surface area contributed by atoms with Crippen LogP contribution in [-0.2, 0) is 4.79 Å². The fraction of sp³-hybridized carbons (Fsp3) is 0.333. The van der Waals surface area contributed by atoms with Crippen LogP contribution >= 0.6 is 0 Å². The Morgan fingerprint density at radius 2 is 2.07 bits per heavy atom. The molecule has 2 N–H and O–H groups in total. The van der Waals surface area contributed by atoms with Gasteiger partial charge in [-0.05, 0) is 67.5 Å². The number of benzene rings is 2. The van der Waals surface area contributed by atoms with Crippen LogP contribution in [0.25, 0.3) is 10.9 Å². The first-order chi connectivity index (χ1) is 14.5. The molecule has 2 atom stereocenters. The quantitative estimate of drug-likeness (QED) is 0.661. The molecule has 6 heteroatoms. The van der Waals surface area contributed by atoms with Crippen LogP contribution in [0.15, 0.2) is 42.5 Å². The van der Waals surface area contributed by atoms with E-state index in [1.54, 1.807) is 12.1 Å². The number of aryl methyl sites for hydroxylation is 1. The predicted molar refractivity (Wildman–Crippen MR) is 114 cm³/mol. The first-order valence-electron chi connectivity index (χ1n) is 10.5. The summed E-state index contributed by atoms with van der Waals surface area (Å²) >= 11 is 0. The maximum atomic E-state index is 14.1. The van der Waals surface area contributed by atoms with Gasteiger partial charge in [-0.15, -0.1) is 0 Å². The highest BCUT2D eigenvalue weighted by Crippen LogP contribution is 2.37. The molecule has 2 amide bonds. The van der Waals surface area contributed by atoms with Crippen LogP contribution in [0.4, 0.5) is 10.1 Å². The molecule has 5 rings (SSSR count). The lowest BCUT2D eigenvalue weighted by atomic mass is 9.85. The third-order valence-corrected chi connectivity index (χ3v) is 6.54. The van der Waals surface area contributed by atoms with Gasteiger partial charge < -0.3 is 15.2 Å². The molecule has 5 nitrogen and oxygen atoms in total. The van der Waals surface area contributed by atoms with Gasteiger partial charge >= 0.3 is 0 Å². The summed E-state index contributed by atoms with van der Waals surface area (Å²) in [5, 5.41) is 3.36. The zero-order valence-electron chi connectivity index (χ0n) is 16.9. The number of amides is 2. The van der Waals surface area contributed by atoms with Gasteiger partial charge in [0.1, 0.15) is 11.5 Å². The highest BCUT2D eigenvalue weighted by atomic mass is 19.1. The van der Waals surface area contributed by atoms with Crippen LogP contribution in [0.2, 0.25) is 0 Å².